The summed E-state index contributed by atoms with van der Waals surface area (Å²) in [5.41, 5.74) is 1.34. The Morgan fingerprint density at radius 2 is 1.76 bits per heavy atom. The summed E-state index contributed by atoms with van der Waals surface area (Å²) in [6, 6.07) is 9.03. The molecular formula is C14H25NOSi. The van der Waals surface area contributed by atoms with Gasteiger partial charge in [0.25, 0.3) is 0 Å². The van der Waals surface area contributed by atoms with Crippen LogP contribution in [0.1, 0.15) is 12.5 Å². The Balaban J connectivity index is 2.46. The van der Waals surface area contributed by atoms with Crippen molar-refractivity contribution in [1.82, 2.24) is 5.32 Å². The van der Waals surface area contributed by atoms with Crippen LogP contribution in [0.25, 0.3) is 0 Å². The Bertz CT molecular complexity index is 329. The second-order valence-electron chi connectivity index (χ2n) is 5.62. The third-order valence-electron chi connectivity index (χ3n) is 2.98. The Morgan fingerprint density at radius 1 is 1.18 bits per heavy atom. The lowest BCUT2D eigenvalue weighted by Crippen LogP contribution is -2.37. The first-order chi connectivity index (χ1) is 7.93. The zero-order chi connectivity index (χ0) is 12.9. The molecule has 1 aromatic rings. The Labute approximate surface area is 106 Å². The van der Waals surface area contributed by atoms with Crippen molar-refractivity contribution in [2.75, 3.05) is 13.7 Å². The van der Waals surface area contributed by atoms with Crippen LogP contribution in [0.5, 0.6) is 0 Å². The summed E-state index contributed by atoms with van der Waals surface area (Å²) in [4.78, 5) is 0. The second kappa shape index (κ2) is 6.33. The quantitative estimate of drug-likeness (QED) is 0.784. The van der Waals surface area contributed by atoms with E-state index < -0.39 is 8.07 Å². The third-order valence-corrected chi connectivity index (χ3v) is 5.05. The van der Waals surface area contributed by atoms with Crippen LogP contribution in [0, 0.1) is 0 Å². The van der Waals surface area contributed by atoms with E-state index in [2.05, 4.69) is 56.1 Å². The van der Waals surface area contributed by atoms with Gasteiger partial charge in [-0.1, -0.05) is 49.1 Å². The highest BCUT2D eigenvalue weighted by molar-refractivity contribution is 6.88. The van der Waals surface area contributed by atoms with Gasteiger partial charge >= 0.3 is 0 Å². The van der Waals surface area contributed by atoms with Crippen molar-refractivity contribution in [3.05, 3.63) is 29.8 Å². The molecule has 17 heavy (non-hydrogen) atoms. The molecule has 0 amide bonds. The number of hydrogen-bond acceptors (Lipinski definition) is 2. The molecule has 1 aromatic carbocycles. The molecule has 0 spiro atoms. The maximum atomic E-state index is 5.19. The van der Waals surface area contributed by atoms with Crippen LogP contribution in [0.3, 0.4) is 0 Å². The maximum absolute atomic E-state index is 5.19. The molecule has 0 radical (unpaired) electrons. The SMILES string of the molecule is COC(C)CNCc1ccc([Si](C)(C)C)cc1. The third kappa shape index (κ3) is 5.02. The van der Waals surface area contributed by atoms with E-state index in [1.165, 1.54) is 10.8 Å². The van der Waals surface area contributed by atoms with Gasteiger partial charge in [0.1, 0.15) is 0 Å². The first-order valence-corrected chi connectivity index (χ1v) is 9.76. The first-order valence-electron chi connectivity index (χ1n) is 6.26. The molecule has 3 heteroatoms. The highest BCUT2D eigenvalue weighted by Gasteiger charge is 2.15. The molecule has 0 aliphatic carbocycles. The molecule has 0 aliphatic heterocycles. The molecule has 1 unspecified atom stereocenters. The van der Waals surface area contributed by atoms with Crippen LogP contribution < -0.4 is 10.5 Å². The summed E-state index contributed by atoms with van der Waals surface area (Å²) in [5, 5.41) is 4.92. The van der Waals surface area contributed by atoms with E-state index in [4.69, 9.17) is 4.74 Å². The van der Waals surface area contributed by atoms with Crippen LogP contribution in [0.2, 0.25) is 19.6 Å². The molecular weight excluding hydrogens is 226 g/mol. The van der Waals surface area contributed by atoms with Gasteiger partial charge in [0, 0.05) is 20.2 Å². The number of benzene rings is 1. The highest BCUT2D eigenvalue weighted by Crippen LogP contribution is 2.04. The van der Waals surface area contributed by atoms with Crippen LogP contribution in [0.15, 0.2) is 24.3 Å². The Kier molecular flexibility index (Phi) is 5.37. The highest BCUT2D eigenvalue weighted by atomic mass is 28.3. The summed E-state index contributed by atoms with van der Waals surface area (Å²) < 4.78 is 5.19. The maximum Gasteiger partial charge on any atom is 0.0775 e. The van der Waals surface area contributed by atoms with Gasteiger partial charge in [-0.2, -0.15) is 0 Å². The molecule has 1 atom stereocenters. The normalized spacial score (nSPS) is 13.7. The molecule has 0 saturated carbocycles. The number of nitrogens with one attached hydrogen (secondary N) is 1. The lowest BCUT2D eigenvalue weighted by atomic mass is 10.2. The molecule has 0 bridgehead atoms. The minimum Gasteiger partial charge on any atom is -0.380 e. The van der Waals surface area contributed by atoms with Crippen LogP contribution >= 0.6 is 0 Å². The predicted molar refractivity (Wildman–Crippen MR) is 77.6 cm³/mol. The minimum absolute atomic E-state index is 0.274. The van der Waals surface area contributed by atoms with Gasteiger partial charge < -0.3 is 10.1 Å². The first kappa shape index (κ1) is 14.4. The summed E-state index contributed by atoms with van der Waals surface area (Å²) >= 11 is 0. The van der Waals surface area contributed by atoms with Crippen molar-refractivity contribution in [3.8, 4) is 0 Å². The predicted octanol–water partition coefficient (Wildman–Crippen LogP) is 2.36. The number of ether oxygens (including phenoxy) is 1. The fourth-order valence-corrected chi connectivity index (χ4v) is 2.79. The molecule has 1 N–H and O–H groups in total. The molecule has 2 nitrogen and oxygen atoms in total. The van der Waals surface area contributed by atoms with Crippen molar-refractivity contribution >= 4 is 13.3 Å². The Hall–Kier alpha value is -0.643. The average Bonchev–Trinajstić information content (AvgIpc) is 2.28. The fraction of sp³-hybridized carbons (Fsp3) is 0.571. The standard InChI is InChI=1S/C14H25NOSi/c1-12(16-2)10-15-11-13-6-8-14(9-7-13)17(3,4)5/h6-9,12,15H,10-11H2,1-5H3. The van der Waals surface area contributed by atoms with Gasteiger partial charge in [-0.25, -0.2) is 0 Å². The van der Waals surface area contributed by atoms with Crippen molar-refractivity contribution in [3.63, 3.8) is 0 Å². The molecule has 0 heterocycles. The van der Waals surface area contributed by atoms with Gasteiger partial charge in [0.05, 0.1) is 14.2 Å². The fourth-order valence-electron chi connectivity index (χ4n) is 1.63. The molecule has 1 rings (SSSR count). The second-order valence-corrected chi connectivity index (χ2v) is 10.7. The van der Waals surface area contributed by atoms with E-state index in [0.717, 1.165) is 13.1 Å². The smallest absolute Gasteiger partial charge is 0.0775 e. The molecule has 0 aromatic heterocycles. The van der Waals surface area contributed by atoms with Crippen LogP contribution in [0.4, 0.5) is 0 Å². The molecule has 96 valence electrons. The van der Waals surface area contributed by atoms with E-state index >= 15 is 0 Å². The summed E-state index contributed by atoms with van der Waals surface area (Å²) in [7, 11) is 0.594. The molecule has 0 fully saturated rings. The largest absolute Gasteiger partial charge is 0.380 e. The van der Waals surface area contributed by atoms with Crippen LogP contribution in [-0.4, -0.2) is 27.8 Å². The zero-order valence-corrected chi connectivity index (χ0v) is 12.7. The van der Waals surface area contributed by atoms with Crippen molar-refractivity contribution in [1.29, 1.82) is 0 Å². The zero-order valence-electron chi connectivity index (χ0n) is 11.7. The van der Waals surface area contributed by atoms with E-state index in [0.29, 0.717) is 0 Å². The van der Waals surface area contributed by atoms with Gasteiger partial charge in [0.2, 0.25) is 0 Å². The van der Waals surface area contributed by atoms with Gasteiger partial charge in [-0.05, 0) is 12.5 Å². The summed E-state index contributed by atoms with van der Waals surface area (Å²) in [5.74, 6) is 0. The van der Waals surface area contributed by atoms with Gasteiger partial charge in [-0.3, -0.25) is 0 Å². The average molecular weight is 251 g/mol. The summed E-state index contributed by atoms with van der Waals surface area (Å²) in [6.45, 7) is 11.0. The van der Waals surface area contributed by atoms with Crippen LogP contribution in [-0.2, 0) is 11.3 Å². The minimum atomic E-state index is -1.15. The van der Waals surface area contributed by atoms with Crippen molar-refractivity contribution in [2.24, 2.45) is 0 Å². The Morgan fingerprint density at radius 3 is 2.24 bits per heavy atom. The van der Waals surface area contributed by atoms with Crippen molar-refractivity contribution < 1.29 is 4.74 Å². The van der Waals surface area contributed by atoms with Crippen molar-refractivity contribution in [2.45, 2.75) is 39.2 Å². The number of rotatable bonds is 6. The topological polar surface area (TPSA) is 21.3 Å². The lowest BCUT2D eigenvalue weighted by Gasteiger charge is -2.17. The number of methoxy groups -OCH3 is 1. The van der Waals surface area contributed by atoms with E-state index in [1.807, 2.05) is 0 Å². The molecule has 0 saturated heterocycles. The van der Waals surface area contributed by atoms with E-state index in [-0.39, 0.29) is 6.10 Å². The van der Waals surface area contributed by atoms with E-state index in [1.54, 1.807) is 7.11 Å². The summed E-state index contributed by atoms with van der Waals surface area (Å²) in [6.07, 6.45) is 0.274. The molecule has 0 aliphatic rings. The monoisotopic (exact) mass is 251 g/mol. The van der Waals surface area contributed by atoms with E-state index in [9.17, 15) is 0 Å². The number of hydrogen-bond donors (Lipinski definition) is 1. The van der Waals surface area contributed by atoms with Gasteiger partial charge in [-0.15, -0.1) is 0 Å². The van der Waals surface area contributed by atoms with Gasteiger partial charge in [0.15, 0.2) is 0 Å². The lowest BCUT2D eigenvalue weighted by molar-refractivity contribution is 0.117.